The van der Waals surface area contributed by atoms with E-state index in [1.54, 1.807) is 0 Å². The summed E-state index contributed by atoms with van der Waals surface area (Å²) in [6, 6.07) is 0. The Morgan fingerprint density at radius 1 is 1.00 bits per heavy atom. The molecule has 78 valence electrons. The van der Waals surface area contributed by atoms with E-state index >= 15 is 0 Å². The Bertz CT molecular complexity index is 266. The van der Waals surface area contributed by atoms with Crippen LogP contribution in [0.3, 0.4) is 0 Å². The number of hydrogen-bond acceptors (Lipinski definition) is 3. The Morgan fingerprint density at radius 2 is 1.50 bits per heavy atom. The van der Waals surface area contributed by atoms with E-state index in [0.29, 0.717) is 0 Å². The number of allylic oxidation sites excluding steroid dienone is 4. The van der Waals surface area contributed by atoms with Gasteiger partial charge in [-0.1, -0.05) is 0 Å². The zero-order chi connectivity index (χ0) is 9.80. The van der Waals surface area contributed by atoms with Crippen molar-refractivity contribution in [3.63, 3.8) is 0 Å². The maximum absolute atomic E-state index is 11.4. The summed E-state index contributed by atoms with van der Waals surface area (Å²) in [6.45, 7) is 0. The van der Waals surface area contributed by atoms with Gasteiger partial charge in [0.1, 0.15) is 11.5 Å². The standard InChI is InChI=1S/C10H15O3P/c11-14(12-9-5-1-2-6-9)13-10-7-3-4-8-10/h5,7,14H,1-4,6,8H2. The second-order valence-electron chi connectivity index (χ2n) is 3.58. The highest BCUT2D eigenvalue weighted by Gasteiger charge is 2.13. The summed E-state index contributed by atoms with van der Waals surface area (Å²) in [5.41, 5.74) is 0. The highest BCUT2D eigenvalue weighted by molar-refractivity contribution is 7.33. The lowest BCUT2D eigenvalue weighted by Gasteiger charge is -2.08. The summed E-state index contributed by atoms with van der Waals surface area (Å²) >= 11 is 0. The monoisotopic (exact) mass is 214 g/mol. The SMILES string of the molecule is O=[PH](OC1=CCCC1)OC1=CCCC1. The van der Waals surface area contributed by atoms with Gasteiger partial charge in [-0.15, -0.1) is 0 Å². The maximum atomic E-state index is 11.4. The topological polar surface area (TPSA) is 35.5 Å². The van der Waals surface area contributed by atoms with E-state index in [2.05, 4.69) is 0 Å². The Hall–Kier alpha value is -0.690. The van der Waals surface area contributed by atoms with Crippen molar-refractivity contribution in [2.45, 2.75) is 38.5 Å². The van der Waals surface area contributed by atoms with Crippen LogP contribution in [-0.4, -0.2) is 0 Å². The van der Waals surface area contributed by atoms with Gasteiger partial charge in [-0.3, -0.25) is 0 Å². The van der Waals surface area contributed by atoms with Gasteiger partial charge in [0.05, 0.1) is 0 Å². The van der Waals surface area contributed by atoms with Crippen molar-refractivity contribution in [1.82, 2.24) is 0 Å². The minimum Gasteiger partial charge on any atom is -0.423 e. The molecular weight excluding hydrogens is 199 g/mol. The van der Waals surface area contributed by atoms with Crippen LogP contribution in [0.25, 0.3) is 0 Å². The molecule has 2 aliphatic rings. The molecule has 0 saturated carbocycles. The van der Waals surface area contributed by atoms with Crippen LogP contribution in [0.4, 0.5) is 0 Å². The Labute approximate surface area is 84.7 Å². The first-order valence-corrected chi connectivity index (χ1v) is 6.35. The molecule has 0 saturated heterocycles. The molecule has 0 amide bonds. The summed E-state index contributed by atoms with van der Waals surface area (Å²) in [6.07, 6.45) is 10.1. The molecular formula is C10H15O3P. The lowest BCUT2D eigenvalue weighted by Crippen LogP contribution is -1.84. The van der Waals surface area contributed by atoms with E-state index in [1.165, 1.54) is 0 Å². The molecule has 0 aliphatic heterocycles. The van der Waals surface area contributed by atoms with Gasteiger partial charge in [-0.2, -0.15) is 0 Å². The summed E-state index contributed by atoms with van der Waals surface area (Å²) < 4.78 is 21.8. The van der Waals surface area contributed by atoms with Gasteiger partial charge in [0.2, 0.25) is 0 Å². The van der Waals surface area contributed by atoms with Gasteiger partial charge in [-0.05, 0) is 37.8 Å². The quantitative estimate of drug-likeness (QED) is 0.671. The predicted molar refractivity (Wildman–Crippen MR) is 55.0 cm³/mol. The maximum Gasteiger partial charge on any atom is 0.418 e. The molecule has 0 fully saturated rings. The van der Waals surface area contributed by atoms with Crippen molar-refractivity contribution in [3.8, 4) is 0 Å². The highest BCUT2D eigenvalue weighted by Crippen LogP contribution is 2.37. The summed E-state index contributed by atoms with van der Waals surface area (Å²) in [7, 11) is -2.34. The zero-order valence-corrected chi connectivity index (χ0v) is 9.12. The van der Waals surface area contributed by atoms with Crippen molar-refractivity contribution in [2.75, 3.05) is 0 Å². The van der Waals surface area contributed by atoms with Crippen LogP contribution < -0.4 is 0 Å². The molecule has 2 aliphatic carbocycles. The average Bonchev–Trinajstić information content (AvgIpc) is 2.76. The molecule has 14 heavy (non-hydrogen) atoms. The van der Waals surface area contributed by atoms with Crippen molar-refractivity contribution in [3.05, 3.63) is 23.7 Å². The molecule has 0 N–H and O–H groups in total. The summed E-state index contributed by atoms with van der Waals surface area (Å²) in [4.78, 5) is 0. The van der Waals surface area contributed by atoms with Gasteiger partial charge in [0, 0.05) is 12.8 Å². The predicted octanol–water partition coefficient (Wildman–Crippen LogP) is 3.54. The molecule has 0 aromatic heterocycles. The van der Waals surface area contributed by atoms with Crippen LogP contribution in [-0.2, 0) is 13.6 Å². The molecule has 0 spiro atoms. The molecule has 4 heteroatoms. The third-order valence-corrected chi connectivity index (χ3v) is 3.29. The molecule has 2 rings (SSSR count). The normalized spacial score (nSPS) is 20.9. The first kappa shape index (κ1) is 9.85. The third-order valence-electron chi connectivity index (χ3n) is 2.43. The van der Waals surface area contributed by atoms with Gasteiger partial charge in [-0.25, -0.2) is 4.57 Å². The first-order valence-electron chi connectivity index (χ1n) is 5.12. The lowest BCUT2D eigenvalue weighted by atomic mass is 10.4. The van der Waals surface area contributed by atoms with Crippen LogP contribution in [0.2, 0.25) is 0 Å². The third kappa shape index (κ3) is 2.65. The first-order chi connectivity index (χ1) is 6.84. The second kappa shape index (κ2) is 4.70. The van der Waals surface area contributed by atoms with Crippen LogP contribution in [0.1, 0.15) is 38.5 Å². The zero-order valence-electron chi connectivity index (χ0n) is 8.12. The van der Waals surface area contributed by atoms with Gasteiger partial charge in [0.25, 0.3) is 0 Å². The lowest BCUT2D eigenvalue weighted by molar-refractivity contribution is 0.306. The summed E-state index contributed by atoms with van der Waals surface area (Å²) in [5.74, 6) is 1.68. The number of rotatable bonds is 4. The molecule has 0 unspecified atom stereocenters. The van der Waals surface area contributed by atoms with E-state index in [4.69, 9.17) is 9.05 Å². The minimum atomic E-state index is -2.34. The fourth-order valence-electron chi connectivity index (χ4n) is 1.70. The van der Waals surface area contributed by atoms with Crippen LogP contribution in [0.15, 0.2) is 23.7 Å². The molecule has 0 aromatic carbocycles. The van der Waals surface area contributed by atoms with E-state index in [-0.39, 0.29) is 0 Å². The summed E-state index contributed by atoms with van der Waals surface area (Å²) in [5, 5.41) is 0. The van der Waals surface area contributed by atoms with Crippen LogP contribution >= 0.6 is 8.25 Å². The van der Waals surface area contributed by atoms with Gasteiger partial charge in [0.15, 0.2) is 0 Å². The Balaban J connectivity index is 1.78. The molecule has 3 nitrogen and oxygen atoms in total. The van der Waals surface area contributed by atoms with E-state index in [0.717, 1.165) is 50.0 Å². The Kier molecular flexibility index (Phi) is 3.30. The molecule has 0 atom stereocenters. The van der Waals surface area contributed by atoms with E-state index in [9.17, 15) is 4.57 Å². The van der Waals surface area contributed by atoms with Gasteiger partial charge >= 0.3 is 8.25 Å². The average molecular weight is 214 g/mol. The fraction of sp³-hybridized carbons (Fsp3) is 0.600. The van der Waals surface area contributed by atoms with E-state index < -0.39 is 8.25 Å². The highest BCUT2D eigenvalue weighted by atomic mass is 31.1. The molecule has 0 radical (unpaired) electrons. The van der Waals surface area contributed by atoms with Crippen molar-refractivity contribution in [2.24, 2.45) is 0 Å². The Morgan fingerprint density at radius 3 is 1.86 bits per heavy atom. The van der Waals surface area contributed by atoms with Crippen LogP contribution in [0, 0.1) is 0 Å². The van der Waals surface area contributed by atoms with Crippen molar-refractivity contribution in [1.29, 1.82) is 0 Å². The minimum absolute atomic E-state index is 0.840. The second-order valence-corrected chi connectivity index (χ2v) is 4.49. The van der Waals surface area contributed by atoms with Crippen molar-refractivity contribution < 1.29 is 13.6 Å². The van der Waals surface area contributed by atoms with Crippen molar-refractivity contribution >= 4 is 8.25 Å². The molecule has 0 aromatic rings. The molecule has 0 bridgehead atoms. The van der Waals surface area contributed by atoms with E-state index in [1.807, 2.05) is 12.2 Å². The largest absolute Gasteiger partial charge is 0.423 e. The van der Waals surface area contributed by atoms with Gasteiger partial charge < -0.3 is 9.05 Å². The number of hydrogen-bond donors (Lipinski definition) is 0. The van der Waals surface area contributed by atoms with Crippen LogP contribution in [0.5, 0.6) is 0 Å². The smallest absolute Gasteiger partial charge is 0.418 e. The molecule has 0 heterocycles. The fourth-order valence-corrected chi connectivity index (χ4v) is 2.54.